The first-order valence-electron chi connectivity index (χ1n) is 11.5. The lowest BCUT2D eigenvalue weighted by Crippen LogP contribution is -2.26. The minimum atomic E-state index is -0.238. The van der Waals surface area contributed by atoms with E-state index in [0.29, 0.717) is 37.1 Å². The SMILES string of the molecule is CCCOCCNC(=O)c1ccc(-c2cc(NC3CC3)n3ncc(Cc4c[nH]c(=O)[nH]4)c3n2)s1. The molecule has 0 aromatic carbocycles. The third-order valence-electron chi connectivity index (χ3n) is 5.47. The smallest absolute Gasteiger partial charge is 0.323 e. The topological polar surface area (TPSA) is 129 Å². The Bertz CT molecular complexity index is 1350. The Hall–Kier alpha value is -3.44. The van der Waals surface area contributed by atoms with Gasteiger partial charge in [-0.2, -0.15) is 9.61 Å². The second-order valence-corrected chi connectivity index (χ2v) is 9.41. The van der Waals surface area contributed by atoms with Gasteiger partial charge in [0.15, 0.2) is 5.65 Å². The van der Waals surface area contributed by atoms with Crippen LogP contribution >= 0.6 is 11.3 Å². The Labute approximate surface area is 199 Å². The van der Waals surface area contributed by atoms with Gasteiger partial charge >= 0.3 is 5.69 Å². The number of nitrogens with zero attached hydrogens (tertiary/aromatic N) is 3. The fourth-order valence-corrected chi connectivity index (χ4v) is 4.52. The van der Waals surface area contributed by atoms with E-state index in [4.69, 9.17) is 9.72 Å². The molecule has 5 rings (SSSR count). The minimum absolute atomic E-state index is 0.116. The van der Waals surface area contributed by atoms with Crippen LogP contribution in [0.3, 0.4) is 0 Å². The average Bonchev–Trinajstić information content (AvgIpc) is 3.20. The van der Waals surface area contributed by atoms with E-state index in [9.17, 15) is 9.59 Å². The third-order valence-corrected chi connectivity index (χ3v) is 6.58. The lowest BCUT2D eigenvalue weighted by atomic mass is 10.2. The molecule has 1 aliphatic carbocycles. The van der Waals surface area contributed by atoms with Crippen molar-refractivity contribution in [3.05, 3.63) is 57.2 Å². The van der Waals surface area contributed by atoms with Crippen LogP contribution in [0.15, 0.2) is 35.4 Å². The van der Waals surface area contributed by atoms with Gasteiger partial charge in [0, 0.05) is 49.1 Å². The largest absolute Gasteiger partial charge is 0.380 e. The number of thiophene rings is 1. The maximum absolute atomic E-state index is 12.5. The van der Waals surface area contributed by atoms with Crippen molar-refractivity contribution >= 4 is 28.7 Å². The predicted octanol–water partition coefficient (Wildman–Crippen LogP) is 2.80. The van der Waals surface area contributed by atoms with E-state index in [1.807, 2.05) is 18.2 Å². The maximum Gasteiger partial charge on any atom is 0.323 e. The number of anilines is 1. The maximum atomic E-state index is 12.5. The van der Waals surface area contributed by atoms with Crippen LogP contribution in [0.4, 0.5) is 5.82 Å². The van der Waals surface area contributed by atoms with E-state index in [-0.39, 0.29) is 11.6 Å². The molecule has 1 aliphatic rings. The normalized spacial score (nSPS) is 13.4. The zero-order chi connectivity index (χ0) is 23.5. The summed E-state index contributed by atoms with van der Waals surface area (Å²) in [7, 11) is 0. The van der Waals surface area contributed by atoms with Crippen LogP contribution in [0.2, 0.25) is 0 Å². The minimum Gasteiger partial charge on any atom is -0.380 e. The summed E-state index contributed by atoms with van der Waals surface area (Å²) in [6, 6.07) is 6.16. The zero-order valence-electron chi connectivity index (χ0n) is 18.9. The molecule has 34 heavy (non-hydrogen) atoms. The molecule has 11 heteroatoms. The Kier molecular flexibility index (Phi) is 6.45. The fraction of sp³-hybridized carbons (Fsp3) is 0.391. The van der Waals surface area contributed by atoms with Gasteiger partial charge in [0.1, 0.15) is 5.82 Å². The van der Waals surface area contributed by atoms with Crippen LogP contribution in [-0.2, 0) is 11.2 Å². The Morgan fingerprint density at radius 2 is 2.21 bits per heavy atom. The van der Waals surface area contributed by atoms with Gasteiger partial charge in [0.25, 0.3) is 5.91 Å². The highest BCUT2D eigenvalue weighted by atomic mass is 32.1. The standard InChI is InChI=1S/C23H27N7O3S/c1-2-8-33-9-7-24-22(31)19-6-5-18(34-19)17-11-20(27-15-3-4-15)30-21(29-17)14(12-26-30)10-16-13-25-23(32)28-16/h5-6,11-13,15,27H,2-4,7-10H2,1H3,(H,24,31)(H2,25,28,32). The summed E-state index contributed by atoms with van der Waals surface area (Å²) in [5, 5.41) is 11.0. The van der Waals surface area contributed by atoms with E-state index < -0.39 is 0 Å². The van der Waals surface area contributed by atoms with Crippen LogP contribution in [0.25, 0.3) is 16.2 Å². The van der Waals surface area contributed by atoms with Crippen molar-refractivity contribution in [1.29, 1.82) is 0 Å². The number of carbonyl (C=O) groups excluding carboxylic acids is 1. The number of fused-ring (bicyclic) bond motifs is 1. The summed E-state index contributed by atoms with van der Waals surface area (Å²) in [6.45, 7) is 3.73. The molecular weight excluding hydrogens is 454 g/mol. The number of H-pyrrole nitrogens is 2. The van der Waals surface area contributed by atoms with Crippen molar-refractivity contribution in [2.75, 3.05) is 25.1 Å². The van der Waals surface area contributed by atoms with Gasteiger partial charge < -0.3 is 25.3 Å². The summed E-state index contributed by atoms with van der Waals surface area (Å²) >= 11 is 1.40. The quantitative estimate of drug-likeness (QED) is 0.244. The molecule has 1 saturated carbocycles. The van der Waals surface area contributed by atoms with E-state index in [0.717, 1.165) is 52.6 Å². The van der Waals surface area contributed by atoms with Gasteiger partial charge in [0.2, 0.25) is 0 Å². The van der Waals surface area contributed by atoms with Gasteiger partial charge in [0.05, 0.1) is 28.3 Å². The first-order chi connectivity index (χ1) is 16.6. The molecule has 4 aromatic heterocycles. The van der Waals surface area contributed by atoms with Gasteiger partial charge in [-0.15, -0.1) is 11.3 Å². The molecule has 4 heterocycles. The van der Waals surface area contributed by atoms with Crippen LogP contribution in [0.5, 0.6) is 0 Å². The number of carbonyl (C=O) groups is 1. The van der Waals surface area contributed by atoms with Gasteiger partial charge in [-0.05, 0) is 31.4 Å². The monoisotopic (exact) mass is 481 g/mol. The number of aromatic nitrogens is 5. The fourth-order valence-electron chi connectivity index (χ4n) is 3.64. The molecule has 0 atom stereocenters. The lowest BCUT2D eigenvalue weighted by molar-refractivity contribution is 0.0919. The van der Waals surface area contributed by atoms with E-state index in [1.54, 1.807) is 16.9 Å². The van der Waals surface area contributed by atoms with Crippen molar-refractivity contribution in [3.63, 3.8) is 0 Å². The first-order valence-corrected chi connectivity index (χ1v) is 12.3. The van der Waals surface area contributed by atoms with Gasteiger partial charge in [-0.25, -0.2) is 9.78 Å². The highest BCUT2D eigenvalue weighted by Gasteiger charge is 2.24. The van der Waals surface area contributed by atoms with Crippen LogP contribution in [0, 0.1) is 0 Å². The summed E-state index contributed by atoms with van der Waals surface area (Å²) in [6.07, 6.45) is 7.16. The number of imidazole rings is 1. The zero-order valence-corrected chi connectivity index (χ0v) is 19.7. The Morgan fingerprint density at radius 1 is 1.32 bits per heavy atom. The van der Waals surface area contributed by atoms with Crippen molar-refractivity contribution in [2.24, 2.45) is 0 Å². The van der Waals surface area contributed by atoms with Gasteiger partial charge in [-0.3, -0.25) is 4.79 Å². The Balaban J connectivity index is 1.41. The van der Waals surface area contributed by atoms with Crippen molar-refractivity contribution < 1.29 is 9.53 Å². The average molecular weight is 482 g/mol. The Morgan fingerprint density at radius 3 is 2.97 bits per heavy atom. The second kappa shape index (κ2) is 9.82. The number of rotatable bonds is 11. The number of ether oxygens (including phenoxy) is 1. The molecule has 0 bridgehead atoms. The molecule has 0 saturated heterocycles. The first kappa shape index (κ1) is 22.4. The summed E-state index contributed by atoms with van der Waals surface area (Å²) in [5.74, 6) is 0.749. The number of amides is 1. The summed E-state index contributed by atoms with van der Waals surface area (Å²) in [4.78, 5) is 35.8. The van der Waals surface area contributed by atoms with Gasteiger partial charge in [-0.1, -0.05) is 6.92 Å². The van der Waals surface area contributed by atoms with Crippen LogP contribution in [0.1, 0.15) is 47.1 Å². The number of hydrogen-bond donors (Lipinski definition) is 4. The second-order valence-electron chi connectivity index (χ2n) is 8.33. The molecule has 0 radical (unpaired) electrons. The van der Waals surface area contributed by atoms with Crippen LogP contribution in [-0.4, -0.2) is 56.3 Å². The van der Waals surface area contributed by atoms with Crippen molar-refractivity contribution in [1.82, 2.24) is 29.9 Å². The number of aromatic amines is 2. The highest BCUT2D eigenvalue weighted by molar-refractivity contribution is 7.17. The molecule has 178 valence electrons. The summed E-state index contributed by atoms with van der Waals surface area (Å²) in [5.41, 5.74) is 2.92. The number of hydrogen-bond acceptors (Lipinski definition) is 7. The van der Waals surface area contributed by atoms with Crippen LogP contribution < -0.4 is 16.3 Å². The molecular formula is C23H27N7O3S. The van der Waals surface area contributed by atoms with E-state index >= 15 is 0 Å². The van der Waals surface area contributed by atoms with E-state index in [1.165, 1.54) is 11.3 Å². The molecule has 1 fully saturated rings. The molecule has 10 nitrogen and oxygen atoms in total. The molecule has 0 unspecified atom stereocenters. The molecule has 4 N–H and O–H groups in total. The molecule has 1 amide bonds. The number of nitrogens with one attached hydrogen (secondary N) is 4. The van der Waals surface area contributed by atoms with Crippen molar-refractivity contribution in [2.45, 2.75) is 38.6 Å². The summed E-state index contributed by atoms with van der Waals surface area (Å²) < 4.78 is 7.23. The molecule has 4 aromatic rings. The highest BCUT2D eigenvalue weighted by Crippen LogP contribution is 2.32. The molecule has 0 spiro atoms. The van der Waals surface area contributed by atoms with Crippen molar-refractivity contribution in [3.8, 4) is 10.6 Å². The predicted molar refractivity (Wildman–Crippen MR) is 131 cm³/mol. The lowest BCUT2D eigenvalue weighted by Gasteiger charge is -2.10. The van der Waals surface area contributed by atoms with E-state index in [2.05, 4.69) is 32.6 Å². The third kappa shape index (κ3) is 5.05. The molecule has 0 aliphatic heterocycles.